The van der Waals surface area contributed by atoms with Crippen LogP contribution in [0.3, 0.4) is 0 Å². The molecule has 8 heteroatoms. The zero-order chi connectivity index (χ0) is 19.5. The topological polar surface area (TPSA) is 46.4 Å². The summed E-state index contributed by atoms with van der Waals surface area (Å²) in [6.07, 6.45) is 8.77. The molecule has 4 nitrogen and oxygen atoms in total. The number of hydrogen-bond donors (Lipinski definition) is 1. The summed E-state index contributed by atoms with van der Waals surface area (Å²) in [6, 6.07) is 5.27. The number of thiazole rings is 1. The second-order valence-corrected chi connectivity index (χ2v) is 8.99. The lowest BCUT2D eigenvalue weighted by Gasteiger charge is -2.17. The Morgan fingerprint density at radius 2 is 2.00 bits per heavy atom. The molecule has 1 N–H and O–H groups in total. The largest absolute Gasteiger partial charge is 0.352 e. The SMILES string of the molecule is Cl.O=C(Cc1csc(=NC2CCCCC2)n1C1CC1)NCc1cc(Cl)ccc1F. The molecule has 0 radical (unpaired) electrons. The van der Waals surface area contributed by atoms with Gasteiger partial charge in [-0.05, 0) is 43.9 Å². The zero-order valence-corrected chi connectivity index (χ0v) is 18.6. The van der Waals surface area contributed by atoms with E-state index >= 15 is 0 Å². The van der Waals surface area contributed by atoms with E-state index in [9.17, 15) is 9.18 Å². The predicted molar refractivity (Wildman–Crippen MR) is 117 cm³/mol. The Bertz CT molecular complexity index is 917. The molecular formula is C21H26Cl2FN3OS. The standard InChI is InChI=1S/C21H25ClFN3OS.ClH/c22-15-6-9-19(23)14(10-15)12-24-20(27)11-18-13-28-21(26(18)17-7-8-17)25-16-4-2-1-3-5-16;/h6,9-10,13,16-17H,1-5,7-8,11-12H2,(H,24,27);1H. The number of carbonyl (C=O) groups excluding carboxylic acids is 1. The Morgan fingerprint density at radius 3 is 2.72 bits per heavy atom. The molecule has 0 atom stereocenters. The van der Waals surface area contributed by atoms with Gasteiger partial charge < -0.3 is 9.88 Å². The molecular weight excluding hydrogens is 432 g/mol. The summed E-state index contributed by atoms with van der Waals surface area (Å²) in [5.74, 6) is -0.474. The van der Waals surface area contributed by atoms with Gasteiger partial charge in [0.15, 0.2) is 4.80 Å². The van der Waals surface area contributed by atoms with Gasteiger partial charge in [-0.25, -0.2) is 4.39 Å². The van der Waals surface area contributed by atoms with Gasteiger partial charge in [0.25, 0.3) is 0 Å². The average Bonchev–Trinajstić information content (AvgIpc) is 3.46. The third kappa shape index (κ3) is 5.83. The van der Waals surface area contributed by atoms with Crippen molar-refractivity contribution in [3.8, 4) is 0 Å². The number of nitrogens with one attached hydrogen (secondary N) is 1. The number of halogens is 3. The van der Waals surface area contributed by atoms with E-state index < -0.39 is 0 Å². The molecule has 2 aromatic rings. The van der Waals surface area contributed by atoms with E-state index in [1.165, 1.54) is 44.2 Å². The predicted octanol–water partition coefficient (Wildman–Crippen LogP) is 5.19. The molecule has 1 amide bonds. The number of aromatic nitrogens is 1. The van der Waals surface area contributed by atoms with Gasteiger partial charge in [-0.1, -0.05) is 30.9 Å². The van der Waals surface area contributed by atoms with E-state index in [1.807, 2.05) is 0 Å². The van der Waals surface area contributed by atoms with Crippen LogP contribution in [0.5, 0.6) is 0 Å². The maximum atomic E-state index is 13.8. The molecule has 1 aromatic heterocycles. The summed E-state index contributed by atoms with van der Waals surface area (Å²) in [7, 11) is 0. The van der Waals surface area contributed by atoms with Gasteiger partial charge >= 0.3 is 0 Å². The van der Waals surface area contributed by atoms with Crippen molar-refractivity contribution in [1.82, 2.24) is 9.88 Å². The second-order valence-electron chi connectivity index (χ2n) is 7.72. The fraction of sp³-hybridized carbons (Fsp3) is 0.524. The fourth-order valence-corrected chi connectivity index (χ4v) is 4.99. The fourth-order valence-electron chi connectivity index (χ4n) is 3.77. The number of hydrogen-bond acceptors (Lipinski definition) is 3. The monoisotopic (exact) mass is 457 g/mol. The van der Waals surface area contributed by atoms with Crippen molar-refractivity contribution in [2.24, 2.45) is 4.99 Å². The summed E-state index contributed by atoms with van der Waals surface area (Å²) >= 11 is 7.55. The Hall–Kier alpha value is -1.37. The number of amides is 1. The van der Waals surface area contributed by atoms with Gasteiger partial charge in [-0.3, -0.25) is 9.79 Å². The van der Waals surface area contributed by atoms with Crippen molar-refractivity contribution in [2.75, 3.05) is 0 Å². The molecule has 0 spiro atoms. The summed E-state index contributed by atoms with van der Waals surface area (Å²) < 4.78 is 16.1. The smallest absolute Gasteiger partial charge is 0.226 e. The van der Waals surface area contributed by atoms with Gasteiger partial charge in [0, 0.05) is 34.2 Å². The summed E-state index contributed by atoms with van der Waals surface area (Å²) in [5.41, 5.74) is 1.40. The molecule has 2 saturated carbocycles. The van der Waals surface area contributed by atoms with Crippen LogP contribution in [-0.2, 0) is 17.8 Å². The third-order valence-electron chi connectivity index (χ3n) is 5.42. The highest BCUT2D eigenvalue weighted by Gasteiger charge is 2.28. The van der Waals surface area contributed by atoms with E-state index in [0.717, 1.165) is 23.3 Å². The van der Waals surface area contributed by atoms with Crippen LogP contribution in [0.25, 0.3) is 0 Å². The first-order valence-electron chi connectivity index (χ1n) is 10.0. The van der Waals surface area contributed by atoms with Crippen LogP contribution < -0.4 is 10.1 Å². The minimum Gasteiger partial charge on any atom is -0.352 e. The number of benzene rings is 1. The molecule has 4 rings (SSSR count). The Balaban J connectivity index is 0.00000240. The van der Waals surface area contributed by atoms with Crippen molar-refractivity contribution in [3.63, 3.8) is 0 Å². The number of carbonyl (C=O) groups is 1. The molecule has 1 aromatic carbocycles. The second kappa shape index (κ2) is 10.1. The van der Waals surface area contributed by atoms with Crippen LogP contribution in [0, 0.1) is 5.82 Å². The lowest BCUT2D eigenvalue weighted by molar-refractivity contribution is -0.120. The lowest BCUT2D eigenvalue weighted by atomic mass is 9.96. The maximum absolute atomic E-state index is 13.8. The van der Waals surface area contributed by atoms with E-state index in [4.69, 9.17) is 16.6 Å². The lowest BCUT2D eigenvalue weighted by Crippen LogP contribution is -2.28. The van der Waals surface area contributed by atoms with Crippen LogP contribution >= 0.6 is 35.3 Å². The van der Waals surface area contributed by atoms with Gasteiger partial charge in [0.1, 0.15) is 5.82 Å². The van der Waals surface area contributed by atoms with Crippen LogP contribution in [0.15, 0.2) is 28.6 Å². The highest BCUT2D eigenvalue weighted by atomic mass is 35.5. The number of nitrogens with zero attached hydrogens (tertiary/aromatic N) is 2. The summed E-state index contributed by atoms with van der Waals surface area (Å²) in [6.45, 7) is 0.137. The molecule has 0 saturated heterocycles. The molecule has 2 aliphatic carbocycles. The van der Waals surface area contributed by atoms with Crippen molar-refractivity contribution in [3.05, 3.63) is 50.5 Å². The van der Waals surface area contributed by atoms with Crippen LogP contribution in [0.4, 0.5) is 4.39 Å². The molecule has 158 valence electrons. The Labute approximate surface area is 185 Å². The van der Waals surface area contributed by atoms with E-state index in [-0.39, 0.29) is 37.1 Å². The maximum Gasteiger partial charge on any atom is 0.226 e. The van der Waals surface area contributed by atoms with E-state index in [2.05, 4.69) is 15.3 Å². The molecule has 1 heterocycles. The van der Waals surface area contributed by atoms with Crippen LogP contribution in [0.2, 0.25) is 5.02 Å². The van der Waals surface area contributed by atoms with Crippen molar-refractivity contribution < 1.29 is 9.18 Å². The van der Waals surface area contributed by atoms with Crippen molar-refractivity contribution in [2.45, 2.75) is 70.0 Å². The Morgan fingerprint density at radius 1 is 1.24 bits per heavy atom. The third-order valence-corrected chi connectivity index (χ3v) is 6.56. The molecule has 2 fully saturated rings. The van der Waals surface area contributed by atoms with Crippen molar-refractivity contribution in [1.29, 1.82) is 0 Å². The molecule has 0 aliphatic heterocycles. The zero-order valence-electron chi connectivity index (χ0n) is 16.2. The van der Waals surface area contributed by atoms with Gasteiger partial charge in [-0.2, -0.15) is 0 Å². The van der Waals surface area contributed by atoms with Gasteiger partial charge in [-0.15, -0.1) is 23.7 Å². The summed E-state index contributed by atoms with van der Waals surface area (Å²) in [5, 5.41) is 5.33. The Kier molecular flexibility index (Phi) is 7.77. The highest BCUT2D eigenvalue weighted by Crippen LogP contribution is 2.35. The molecule has 0 bridgehead atoms. The van der Waals surface area contributed by atoms with E-state index in [1.54, 1.807) is 17.4 Å². The van der Waals surface area contributed by atoms with Gasteiger partial charge in [0.2, 0.25) is 5.91 Å². The molecule has 2 aliphatic rings. The van der Waals surface area contributed by atoms with E-state index in [0.29, 0.717) is 22.7 Å². The quantitative estimate of drug-likeness (QED) is 0.636. The first-order chi connectivity index (χ1) is 13.6. The van der Waals surface area contributed by atoms with Crippen LogP contribution in [0.1, 0.15) is 62.2 Å². The molecule has 29 heavy (non-hydrogen) atoms. The first-order valence-corrected chi connectivity index (χ1v) is 11.3. The first kappa shape index (κ1) is 22.3. The molecule has 0 unspecified atom stereocenters. The highest BCUT2D eigenvalue weighted by molar-refractivity contribution is 7.07. The minimum absolute atomic E-state index is 0. The normalized spacial score (nSPS) is 17.8. The van der Waals surface area contributed by atoms with Crippen LogP contribution in [-0.4, -0.2) is 16.5 Å². The average molecular weight is 458 g/mol. The number of rotatable bonds is 6. The summed E-state index contributed by atoms with van der Waals surface area (Å²) in [4.78, 5) is 18.5. The van der Waals surface area contributed by atoms with Crippen molar-refractivity contribution >= 4 is 41.3 Å². The minimum atomic E-state index is -0.359. The van der Waals surface area contributed by atoms with Gasteiger partial charge in [0.05, 0.1) is 12.5 Å².